The Morgan fingerprint density at radius 2 is 1.43 bits per heavy atom. The fourth-order valence-corrected chi connectivity index (χ4v) is 4.19. The summed E-state index contributed by atoms with van der Waals surface area (Å²) in [5.41, 5.74) is 0. The second kappa shape index (κ2) is 8.14. The van der Waals surface area contributed by atoms with E-state index in [-0.39, 0.29) is 5.91 Å². The van der Waals surface area contributed by atoms with Crippen LogP contribution in [0.3, 0.4) is 0 Å². The van der Waals surface area contributed by atoms with Crippen molar-refractivity contribution in [3.05, 3.63) is 0 Å². The molecule has 0 spiro atoms. The molecular weight excluding hydrogens is 462 g/mol. The van der Waals surface area contributed by atoms with Gasteiger partial charge in [0.2, 0.25) is 2.14 Å². The smallest absolute Gasteiger partial charge is 0.258 e. The quantitative estimate of drug-likeness (QED) is 0.507. The first-order valence-corrected chi connectivity index (χ1v) is 10.6. The maximum Gasteiger partial charge on any atom is 0.258 e. The van der Waals surface area contributed by atoms with Crippen LogP contribution in [-0.2, 0) is 4.79 Å². The molecule has 2 nitrogen and oxygen atoms in total. The van der Waals surface area contributed by atoms with Crippen LogP contribution in [0.25, 0.3) is 0 Å². The highest BCUT2D eigenvalue weighted by molar-refractivity contribution is 9.40. The lowest BCUT2D eigenvalue weighted by Crippen LogP contribution is -2.42. The average molecular weight is 488 g/mol. The molecule has 0 aromatic rings. The monoisotopic (exact) mass is 485 g/mol. The van der Waals surface area contributed by atoms with Crippen LogP contribution in [0.15, 0.2) is 0 Å². The van der Waals surface area contributed by atoms with Gasteiger partial charge in [0, 0.05) is 6.04 Å². The van der Waals surface area contributed by atoms with Crippen LogP contribution < -0.4 is 5.32 Å². The van der Waals surface area contributed by atoms with Crippen molar-refractivity contribution >= 4 is 53.7 Å². The summed E-state index contributed by atoms with van der Waals surface area (Å²) < 4.78 is -0.817. The minimum atomic E-state index is -0.817. The summed E-state index contributed by atoms with van der Waals surface area (Å²) in [5.74, 6) is 2.77. The maximum atomic E-state index is 11.9. The van der Waals surface area contributed by atoms with Gasteiger partial charge in [-0.2, -0.15) is 0 Å². The Morgan fingerprint density at radius 1 is 0.952 bits per heavy atom. The van der Waals surface area contributed by atoms with Crippen molar-refractivity contribution < 1.29 is 4.79 Å². The summed E-state index contributed by atoms with van der Waals surface area (Å²) in [7, 11) is 0. The SMILES string of the molecule is CC1CCC(CC2CCC(NC(=O)C(Br)(Br)Br)CC2)CC1. The molecule has 0 atom stereocenters. The predicted molar refractivity (Wildman–Crippen MR) is 99.1 cm³/mol. The Morgan fingerprint density at radius 3 is 1.90 bits per heavy atom. The van der Waals surface area contributed by atoms with Crippen LogP contribution in [-0.4, -0.2) is 14.1 Å². The van der Waals surface area contributed by atoms with Crippen molar-refractivity contribution in [2.24, 2.45) is 17.8 Å². The van der Waals surface area contributed by atoms with E-state index >= 15 is 0 Å². The van der Waals surface area contributed by atoms with Crippen molar-refractivity contribution in [2.75, 3.05) is 0 Å². The normalized spacial score (nSPS) is 34.5. The largest absolute Gasteiger partial charge is 0.351 e. The molecule has 0 aromatic carbocycles. The highest BCUT2D eigenvalue weighted by Crippen LogP contribution is 2.38. The van der Waals surface area contributed by atoms with Crippen LogP contribution in [0, 0.1) is 17.8 Å². The first kappa shape index (κ1) is 18.3. The summed E-state index contributed by atoms with van der Waals surface area (Å²) in [6.07, 6.45) is 12.0. The van der Waals surface area contributed by atoms with Gasteiger partial charge in [0.15, 0.2) is 0 Å². The molecule has 122 valence electrons. The van der Waals surface area contributed by atoms with E-state index in [0.717, 1.165) is 30.6 Å². The summed E-state index contributed by atoms with van der Waals surface area (Å²) in [5, 5.41) is 3.11. The summed E-state index contributed by atoms with van der Waals surface area (Å²) in [6, 6.07) is 0.340. The van der Waals surface area contributed by atoms with Gasteiger partial charge in [-0.3, -0.25) is 4.79 Å². The zero-order valence-corrected chi connectivity index (χ0v) is 17.5. The summed E-state index contributed by atoms with van der Waals surface area (Å²) in [6.45, 7) is 2.39. The Balaban J connectivity index is 1.67. The Kier molecular flexibility index (Phi) is 7.07. The van der Waals surface area contributed by atoms with E-state index in [9.17, 15) is 4.79 Å². The number of hydrogen-bond acceptors (Lipinski definition) is 1. The third kappa shape index (κ3) is 6.14. The molecule has 0 unspecified atom stereocenters. The topological polar surface area (TPSA) is 29.1 Å². The van der Waals surface area contributed by atoms with E-state index in [2.05, 4.69) is 60.0 Å². The number of halogens is 3. The Hall–Kier alpha value is 0.910. The van der Waals surface area contributed by atoms with Crippen molar-refractivity contribution in [1.82, 2.24) is 5.32 Å². The van der Waals surface area contributed by atoms with Crippen LogP contribution in [0.1, 0.15) is 64.7 Å². The lowest BCUT2D eigenvalue weighted by Gasteiger charge is -2.34. The van der Waals surface area contributed by atoms with Gasteiger partial charge >= 0.3 is 0 Å². The van der Waals surface area contributed by atoms with E-state index in [1.807, 2.05) is 0 Å². The molecule has 0 heterocycles. The van der Waals surface area contributed by atoms with Crippen molar-refractivity contribution in [3.63, 3.8) is 0 Å². The number of carbonyl (C=O) groups excluding carboxylic acids is 1. The first-order chi connectivity index (χ1) is 9.84. The van der Waals surface area contributed by atoms with Crippen LogP contribution in [0.2, 0.25) is 0 Å². The second-order valence-corrected chi connectivity index (χ2v) is 13.8. The molecule has 2 aliphatic rings. The number of alkyl halides is 3. The van der Waals surface area contributed by atoms with Gasteiger partial charge in [-0.1, -0.05) is 32.6 Å². The number of rotatable bonds is 3. The van der Waals surface area contributed by atoms with Gasteiger partial charge in [-0.05, 0) is 97.6 Å². The number of amides is 1. The van der Waals surface area contributed by atoms with Crippen LogP contribution in [0.5, 0.6) is 0 Å². The fraction of sp³-hybridized carbons (Fsp3) is 0.938. The molecule has 2 fully saturated rings. The molecule has 0 aliphatic heterocycles. The molecule has 2 rings (SSSR count). The molecule has 0 aromatic heterocycles. The molecule has 1 N–H and O–H groups in total. The second-order valence-electron chi connectivity index (χ2n) is 7.05. The predicted octanol–water partition coefficient (Wildman–Crippen LogP) is 5.72. The lowest BCUT2D eigenvalue weighted by molar-refractivity contribution is -0.120. The van der Waals surface area contributed by atoms with Crippen molar-refractivity contribution in [2.45, 2.75) is 72.9 Å². The van der Waals surface area contributed by atoms with E-state index in [4.69, 9.17) is 0 Å². The summed E-state index contributed by atoms with van der Waals surface area (Å²) >= 11 is 9.82. The van der Waals surface area contributed by atoms with E-state index in [1.165, 1.54) is 44.9 Å². The molecule has 21 heavy (non-hydrogen) atoms. The van der Waals surface area contributed by atoms with Gasteiger partial charge in [-0.15, -0.1) is 0 Å². The highest BCUT2D eigenvalue weighted by Gasteiger charge is 2.32. The molecular formula is C16H26Br3NO. The van der Waals surface area contributed by atoms with E-state index < -0.39 is 2.14 Å². The third-order valence-corrected chi connectivity index (χ3v) is 6.32. The van der Waals surface area contributed by atoms with Crippen LogP contribution >= 0.6 is 47.8 Å². The van der Waals surface area contributed by atoms with Crippen molar-refractivity contribution in [3.8, 4) is 0 Å². The van der Waals surface area contributed by atoms with Gasteiger partial charge in [0.25, 0.3) is 5.91 Å². The standard InChI is InChI=1S/C16H26Br3NO/c1-11-2-4-12(5-3-11)10-13-6-8-14(9-7-13)20-15(21)16(17,18)19/h11-14H,2-10H2,1H3,(H,20,21). The Bertz CT molecular complexity index is 340. The van der Waals surface area contributed by atoms with Gasteiger partial charge < -0.3 is 5.32 Å². The van der Waals surface area contributed by atoms with Gasteiger partial charge in [0.05, 0.1) is 0 Å². The minimum Gasteiger partial charge on any atom is -0.351 e. The zero-order valence-electron chi connectivity index (χ0n) is 12.7. The Labute approximate surface area is 154 Å². The number of hydrogen-bond donors (Lipinski definition) is 1. The lowest BCUT2D eigenvalue weighted by atomic mass is 9.74. The first-order valence-electron chi connectivity index (χ1n) is 8.22. The highest BCUT2D eigenvalue weighted by atomic mass is 80.0. The minimum absolute atomic E-state index is 0.0350. The van der Waals surface area contributed by atoms with Gasteiger partial charge in [-0.25, -0.2) is 0 Å². The zero-order chi connectivity index (χ0) is 15.5. The molecule has 0 bridgehead atoms. The molecule has 5 heteroatoms. The summed E-state index contributed by atoms with van der Waals surface area (Å²) in [4.78, 5) is 11.9. The molecule has 2 saturated carbocycles. The van der Waals surface area contributed by atoms with E-state index in [1.54, 1.807) is 0 Å². The van der Waals surface area contributed by atoms with Crippen molar-refractivity contribution in [1.29, 1.82) is 0 Å². The molecule has 2 aliphatic carbocycles. The third-order valence-electron chi connectivity index (χ3n) is 5.24. The van der Waals surface area contributed by atoms with Crippen LogP contribution in [0.4, 0.5) is 0 Å². The van der Waals surface area contributed by atoms with E-state index in [0.29, 0.717) is 6.04 Å². The fourth-order valence-electron chi connectivity index (χ4n) is 3.85. The molecule has 0 saturated heterocycles. The number of nitrogens with one attached hydrogen (secondary N) is 1. The van der Waals surface area contributed by atoms with Gasteiger partial charge in [0.1, 0.15) is 0 Å². The number of carbonyl (C=O) groups is 1. The maximum absolute atomic E-state index is 11.9. The average Bonchev–Trinajstić information content (AvgIpc) is 2.42. The molecule has 1 amide bonds. The molecule has 0 radical (unpaired) electrons.